The SMILES string of the molecule is C/C=C\N(/N=C\C)c1cc(NC(=O)CC)nc(C2C=C(C)C=CS2)n1.CC. The number of nitrogens with one attached hydrogen (secondary N) is 1. The highest BCUT2D eigenvalue weighted by molar-refractivity contribution is 8.02. The molecule has 1 aromatic heterocycles. The van der Waals surface area contributed by atoms with Gasteiger partial charge in [-0.1, -0.05) is 44.6 Å². The smallest absolute Gasteiger partial charge is 0.225 e. The lowest BCUT2D eigenvalue weighted by atomic mass is 10.2. The standard InChI is InChI=1S/C18H23N5OS.C2H6/c1-5-9-23(19-7-3)16-12-15(20-17(24)6-2)21-18(22-16)14-11-13(4)8-10-25-14;1-2/h5,7-12,14H,6H2,1-4H3,(H,20,21,22,24);1-2H3/b9-5-,19-7-;. The Hall–Kier alpha value is -2.41. The molecule has 0 aromatic carbocycles. The van der Waals surface area contributed by atoms with E-state index < -0.39 is 0 Å². The van der Waals surface area contributed by atoms with E-state index in [0.29, 0.717) is 23.9 Å². The van der Waals surface area contributed by atoms with Crippen molar-refractivity contribution in [1.29, 1.82) is 0 Å². The second-order valence-electron chi connectivity index (χ2n) is 5.34. The third-order valence-electron chi connectivity index (χ3n) is 3.31. The molecule has 0 radical (unpaired) electrons. The normalized spacial score (nSPS) is 16.1. The Bertz CT molecular complexity index is 728. The van der Waals surface area contributed by atoms with Gasteiger partial charge in [-0.25, -0.2) is 15.0 Å². The van der Waals surface area contributed by atoms with Crippen LogP contribution in [0.2, 0.25) is 0 Å². The van der Waals surface area contributed by atoms with Crippen LogP contribution < -0.4 is 10.3 Å². The molecule has 1 unspecified atom stereocenters. The first kappa shape index (κ1) is 22.6. The Balaban J connectivity index is 0.00000176. The van der Waals surface area contributed by atoms with E-state index in [1.54, 1.807) is 36.0 Å². The molecule has 6 nitrogen and oxygen atoms in total. The van der Waals surface area contributed by atoms with E-state index in [0.717, 1.165) is 5.57 Å². The summed E-state index contributed by atoms with van der Waals surface area (Å²) in [6.07, 6.45) is 9.93. The molecule has 1 aliphatic rings. The molecule has 2 heterocycles. The Kier molecular flexibility index (Phi) is 10.1. The number of nitrogens with zero attached hydrogens (tertiary/aromatic N) is 4. The number of hydrazone groups is 1. The maximum atomic E-state index is 11.8. The largest absolute Gasteiger partial charge is 0.311 e. The zero-order chi connectivity index (χ0) is 20.2. The minimum Gasteiger partial charge on any atom is -0.311 e. The minimum absolute atomic E-state index is 0.000269. The molecule has 1 aliphatic heterocycles. The van der Waals surface area contributed by atoms with Crippen molar-refractivity contribution in [2.24, 2.45) is 5.10 Å². The van der Waals surface area contributed by atoms with Crippen LogP contribution in [0.4, 0.5) is 11.6 Å². The quantitative estimate of drug-likeness (QED) is 0.519. The molecule has 2 rings (SSSR count). The van der Waals surface area contributed by atoms with Gasteiger partial charge in [0, 0.05) is 24.9 Å². The van der Waals surface area contributed by atoms with Gasteiger partial charge in [0.05, 0.1) is 5.25 Å². The molecule has 1 aromatic rings. The van der Waals surface area contributed by atoms with E-state index >= 15 is 0 Å². The molecule has 1 N–H and O–H groups in total. The van der Waals surface area contributed by atoms with Crippen molar-refractivity contribution in [3.8, 4) is 0 Å². The van der Waals surface area contributed by atoms with Gasteiger partial charge in [-0.3, -0.25) is 4.79 Å². The van der Waals surface area contributed by atoms with Crippen LogP contribution in [0.25, 0.3) is 0 Å². The first-order chi connectivity index (χ1) is 13.1. The summed E-state index contributed by atoms with van der Waals surface area (Å²) in [6, 6.07) is 1.73. The van der Waals surface area contributed by atoms with Gasteiger partial charge in [0.15, 0.2) is 5.82 Å². The zero-order valence-corrected chi connectivity index (χ0v) is 17.7. The molecule has 146 valence electrons. The number of carbonyl (C=O) groups excluding carboxylic acids is 1. The first-order valence-corrected chi connectivity index (χ1v) is 10.1. The average Bonchev–Trinajstić information content (AvgIpc) is 2.69. The van der Waals surface area contributed by atoms with Crippen molar-refractivity contribution in [1.82, 2.24) is 9.97 Å². The van der Waals surface area contributed by atoms with Crippen LogP contribution in [0, 0.1) is 0 Å². The summed E-state index contributed by atoms with van der Waals surface area (Å²) in [5, 5.41) is 10.8. The van der Waals surface area contributed by atoms with Gasteiger partial charge in [0.25, 0.3) is 0 Å². The Morgan fingerprint density at radius 2 is 2.11 bits per heavy atom. The third-order valence-corrected chi connectivity index (χ3v) is 4.24. The summed E-state index contributed by atoms with van der Waals surface area (Å²) in [6.45, 7) is 11.6. The molecule has 0 bridgehead atoms. The number of rotatable bonds is 6. The molecule has 0 fully saturated rings. The number of hydrogen-bond acceptors (Lipinski definition) is 6. The number of carbonyl (C=O) groups is 1. The van der Waals surface area contributed by atoms with Gasteiger partial charge >= 0.3 is 0 Å². The second kappa shape index (κ2) is 12.1. The van der Waals surface area contributed by atoms with Crippen molar-refractivity contribution < 1.29 is 4.79 Å². The lowest BCUT2D eigenvalue weighted by molar-refractivity contribution is -0.115. The molecular formula is C20H29N5OS. The van der Waals surface area contributed by atoms with Crippen molar-refractivity contribution in [3.63, 3.8) is 0 Å². The van der Waals surface area contributed by atoms with Crippen LogP contribution in [0.3, 0.4) is 0 Å². The summed E-state index contributed by atoms with van der Waals surface area (Å²) >= 11 is 1.63. The summed E-state index contributed by atoms with van der Waals surface area (Å²) in [5.74, 6) is 1.64. The Labute approximate surface area is 166 Å². The van der Waals surface area contributed by atoms with E-state index in [1.165, 1.54) is 0 Å². The Morgan fingerprint density at radius 1 is 1.37 bits per heavy atom. The average molecular weight is 388 g/mol. The maximum Gasteiger partial charge on any atom is 0.225 e. The summed E-state index contributed by atoms with van der Waals surface area (Å²) < 4.78 is 0. The van der Waals surface area contributed by atoms with Crippen LogP contribution in [0.5, 0.6) is 0 Å². The number of amides is 1. The fourth-order valence-electron chi connectivity index (χ4n) is 2.13. The van der Waals surface area contributed by atoms with Crippen molar-refractivity contribution >= 4 is 35.5 Å². The highest BCUT2D eigenvalue weighted by atomic mass is 32.2. The number of anilines is 2. The van der Waals surface area contributed by atoms with Gasteiger partial charge in [0.2, 0.25) is 5.91 Å². The van der Waals surface area contributed by atoms with E-state index in [9.17, 15) is 4.79 Å². The topological polar surface area (TPSA) is 70.5 Å². The van der Waals surface area contributed by atoms with Gasteiger partial charge in [-0.15, -0.1) is 11.8 Å². The van der Waals surface area contributed by atoms with Gasteiger partial charge in [0.1, 0.15) is 11.6 Å². The number of allylic oxidation sites excluding steroid dienone is 3. The predicted octanol–water partition coefficient (Wildman–Crippen LogP) is 5.44. The summed E-state index contributed by atoms with van der Waals surface area (Å²) in [7, 11) is 0. The maximum absolute atomic E-state index is 11.8. The first-order valence-electron chi connectivity index (χ1n) is 9.17. The van der Waals surface area contributed by atoms with Crippen molar-refractivity contribution in [3.05, 3.63) is 47.3 Å². The highest BCUT2D eigenvalue weighted by Gasteiger charge is 2.18. The Morgan fingerprint density at radius 3 is 2.70 bits per heavy atom. The van der Waals surface area contributed by atoms with E-state index in [1.807, 2.05) is 52.3 Å². The monoisotopic (exact) mass is 387 g/mol. The zero-order valence-electron chi connectivity index (χ0n) is 16.9. The van der Waals surface area contributed by atoms with Crippen molar-refractivity contribution in [2.75, 3.05) is 10.3 Å². The molecule has 0 saturated carbocycles. The van der Waals surface area contributed by atoms with Crippen LogP contribution in [0.15, 0.2) is 46.6 Å². The van der Waals surface area contributed by atoms with Crippen LogP contribution in [-0.2, 0) is 4.79 Å². The minimum atomic E-state index is -0.0879. The predicted molar refractivity (Wildman–Crippen MR) is 117 cm³/mol. The summed E-state index contributed by atoms with van der Waals surface area (Å²) in [4.78, 5) is 21.0. The van der Waals surface area contributed by atoms with Gasteiger partial charge in [-0.05, 0) is 26.2 Å². The van der Waals surface area contributed by atoms with E-state index in [-0.39, 0.29) is 11.2 Å². The molecule has 7 heteroatoms. The summed E-state index contributed by atoms with van der Waals surface area (Å²) in [5.41, 5.74) is 1.16. The molecule has 0 spiro atoms. The van der Waals surface area contributed by atoms with E-state index in [2.05, 4.69) is 32.5 Å². The number of hydrogen-bond donors (Lipinski definition) is 1. The lowest BCUT2D eigenvalue weighted by Gasteiger charge is -2.19. The van der Waals surface area contributed by atoms with E-state index in [4.69, 9.17) is 0 Å². The molecule has 0 saturated heterocycles. The third kappa shape index (κ3) is 7.02. The highest BCUT2D eigenvalue weighted by Crippen LogP contribution is 2.35. The molecular weight excluding hydrogens is 358 g/mol. The molecule has 1 atom stereocenters. The van der Waals surface area contributed by atoms with Crippen LogP contribution in [0.1, 0.15) is 59.0 Å². The molecule has 1 amide bonds. The van der Waals surface area contributed by atoms with Gasteiger partial charge < -0.3 is 5.32 Å². The number of thioether (sulfide) groups is 1. The number of aromatic nitrogens is 2. The molecule has 0 aliphatic carbocycles. The van der Waals surface area contributed by atoms with Crippen LogP contribution >= 0.6 is 11.8 Å². The van der Waals surface area contributed by atoms with Crippen molar-refractivity contribution in [2.45, 2.75) is 53.2 Å². The fourth-order valence-corrected chi connectivity index (χ4v) is 3.12. The van der Waals surface area contributed by atoms with Gasteiger partial charge in [-0.2, -0.15) is 5.10 Å². The molecule has 27 heavy (non-hydrogen) atoms. The fraction of sp³-hybridized carbons (Fsp3) is 0.400. The lowest BCUT2D eigenvalue weighted by Crippen LogP contribution is -2.16. The second-order valence-corrected chi connectivity index (χ2v) is 6.39. The van der Waals surface area contributed by atoms with Crippen LogP contribution in [-0.4, -0.2) is 22.1 Å².